The largest absolute Gasteiger partial charge is 0.316 e. The van der Waals surface area contributed by atoms with Crippen molar-refractivity contribution in [3.8, 4) is 0 Å². The van der Waals surface area contributed by atoms with Crippen LogP contribution in [0, 0.1) is 5.41 Å². The first kappa shape index (κ1) is 16.3. The molecule has 1 aliphatic carbocycles. The summed E-state index contributed by atoms with van der Waals surface area (Å²) in [6.45, 7) is 15.6. The van der Waals surface area contributed by atoms with Crippen molar-refractivity contribution in [2.45, 2.75) is 58.9 Å². The molecule has 2 fully saturated rings. The molecule has 0 bridgehead atoms. The Morgan fingerprint density at radius 3 is 2.25 bits per heavy atom. The van der Waals surface area contributed by atoms with E-state index in [-0.39, 0.29) is 0 Å². The molecule has 0 spiro atoms. The Morgan fingerprint density at radius 2 is 1.70 bits per heavy atom. The van der Waals surface area contributed by atoms with E-state index >= 15 is 0 Å². The number of rotatable bonds is 7. The summed E-state index contributed by atoms with van der Waals surface area (Å²) < 4.78 is 0. The van der Waals surface area contributed by atoms with Gasteiger partial charge in [0.05, 0.1) is 0 Å². The van der Waals surface area contributed by atoms with Crippen LogP contribution in [-0.2, 0) is 0 Å². The molecule has 0 amide bonds. The van der Waals surface area contributed by atoms with Gasteiger partial charge in [-0.25, -0.2) is 0 Å². The highest BCUT2D eigenvalue weighted by atomic mass is 15.3. The number of piperazine rings is 1. The average molecular weight is 281 g/mol. The Kier molecular flexibility index (Phi) is 6.31. The molecule has 0 radical (unpaired) electrons. The molecule has 1 atom stereocenters. The molecule has 1 heterocycles. The van der Waals surface area contributed by atoms with Gasteiger partial charge in [0.1, 0.15) is 0 Å². The molecular formula is C17H35N3. The zero-order valence-electron chi connectivity index (χ0n) is 14.0. The van der Waals surface area contributed by atoms with E-state index in [1.165, 1.54) is 64.8 Å². The summed E-state index contributed by atoms with van der Waals surface area (Å²) in [6.07, 6.45) is 7.09. The summed E-state index contributed by atoms with van der Waals surface area (Å²) in [5.41, 5.74) is 0.436. The van der Waals surface area contributed by atoms with Gasteiger partial charge in [0.2, 0.25) is 0 Å². The van der Waals surface area contributed by atoms with Crippen molar-refractivity contribution in [3.05, 3.63) is 0 Å². The summed E-state index contributed by atoms with van der Waals surface area (Å²) in [7, 11) is 0. The molecule has 2 rings (SSSR count). The molecule has 3 nitrogen and oxygen atoms in total. The minimum absolute atomic E-state index is 0.436. The van der Waals surface area contributed by atoms with Crippen molar-refractivity contribution in [3.63, 3.8) is 0 Å². The van der Waals surface area contributed by atoms with Crippen LogP contribution in [0.3, 0.4) is 0 Å². The van der Waals surface area contributed by atoms with Gasteiger partial charge in [0.15, 0.2) is 0 Å². The number of nitrogens with one attached hydrogen (secondary N) is 1. The Bertz CT molecular complexity index is 267. The first-order valence-corrected chi connectivity index (χ1v) is 8.84. The van der Waals surface area contributed by atoms with E-state index in [1.54, 1.807) is 0 Å². The van der Waals surface area contributed by atoms with Gasteiger partial charge in [0, 0.05) is 45.3 Å². The predicted octanol–water partition coefficient (Wildman–Crippen LogP) is 2.57. The van der Waals surface area contributed by atoms with Crippen molar-refractivity contribution in [1.82, 2.24) is 15.1 Å². The lowest BCUT2D eigenvalue weighted by molar-refractivity contribution is 0.0671. The Hall–Kier alpha value is -0.120. The van der Waals surface area contributed by atoms with Gasteiger partial charge in [-0.05, 0) is 31.2 Å². The van der Waals surface area contributed by atoms with Crippen molar-refractivity contribution >= 4 is 0 Å². The zero-order chi connectivity index (χ0) is 14.4. The van der Waals surface area contributed by atoms with E-state index in [9.17, 15) is 0 Å². The van der Waals surface area contributed by atoms with Crippen LogP contribution < -0.4 is 5.32 Å². The smallest absolute Gasteiger partial charge is 0.0113 e. The molecule has 1 aliphatic heterocycles. The minimum atomic E-state index is 0.436. The van der Waals surface area contributed by atoms with Gasteiger partial charge in [-0.2, -0.15) is 0 Å². The maximum atomic E-state index is 3.55. The summed E-state index contributed by atoms with van der Waals surface area (Å²) in [5, 5.41) is 3.55. The maximum Gasteiger partial charge on any atom is 0.0113 e. The van der Waals surface area contributed by atoms with Crippen molar-refractivity contribution in [2.75, 3.05) is 45.8 Å². The van der Waals surface area contributed by atoms with E-state index in [0.717, 1.165) is 19.1 Å². The van der Waals surface area contributed by atoms with Crippen molar-refractivity contribution in [2.24, 2.45) is 5.41 Å². The van der Waals surface area contributed by atoms with Gasteiger partial charge in [0.25, 0.3) is 0 Å². The van der Waals surface area contributed by atoms with E-state index in [0.29, 0.717) is 5.41 Å². The molecule has 0 aromatic carbocycles. The monoisotopic (exact) mass is 281 g/mol. The molecule has 2 aliphatic rings. The summed E-state index contributed by atoms with van der Waals surface area (Å²) >= 11 is 0. The molecule has 3 heteroatoms. The third-order valence-corrected chi connectivity index (χ3v) is 5.51. The highest BCUT2D eigenvalue weighted by molar-refractivity contribution is 4.85. The van der Waals surface area contributed by atoms with Gasteiger partial charge in [-0.1, -0.05) is 33.6 Å². The predicted molar refractivity (Wildman–Crippen MR) is 87.2 cm³/mol. The van der Waals surface area contributed by atoms with E-state index in [1.807, 2.05) is 0 Å². The standard InChI is InChI=1S/C17H35N3/c1-4-17(3,14-18-5-2)15-19-10-12-20(13-11-19)16-8-6-7-9-16/h16,18H,4-15H2,1-3H3. The molecule has 0 aromatic heterocycles. The van der Waals surface area contributed by atoms with Crippen molar-refractivity contribution in [1.29, 1.82) is 0 Å². The Labute approximate surface area is 126 Å². The van der Waals surface area contributed by atoms with Crippen LogP contribution in [0.1, 0.15) is 52.9 Å². The third-order valence-electron chi connectivity index (χ3n) is 5.51. The second-order valence-electron chi connectivity index (χ2n) is 7.19. The lowest BCUT2D eigenvalue weighted by Gasteiger charge is -2.42. The Balaban J connectivity index is 1.74. The van der Waals surface area contributed by atoms with Gasteiger partial charge >= 0.3 is 0 Å². The summed E-state index contributed by atoms with van der Waals surface area (Å²) in [6, 6.07) is 0.913. The van der Waals surface area contributed by atoms with Gasteiger partial charge in [-0.3, -0.25) is 4.90 Å². The van der Waals surface area contributed by atoms with Gasteiger partial charge < -0.3 is 10.2 Å². The molecule has 118 valence electrons. The molecule has 1 saturated heterocycles. The highest BCUT2D eigenvalue weighted by Gasteiger charge is 2.29. The van der Waals surface area contributed by atoms with Crippen LogP contribution in [0.25, 0.3) is 0 Å². The quantitative estimate of drug-likeness (QED) is 0.774. The lowest BCUT2D eigenvalue weighted by Crippen LogP contribution is -2.53. The maximum absolute atomic E-state index is 3.55. The molecule has 20 heavy (non-hydrogen) atoms. The fourth-order valence-corrected chi connectivity index (χ4v) is 3.82. The van der Waals surface area contributed by atoms with Crippen LogP contribution >= 0.6 is 0 Å². The molecule has 1 unspecified atom stereocenters. The van der Waals surface area contributed by atoms with Crippen molar-refractivity contribution < 1.29 is 0 Å². The van der Waals surface area contributed by atoms with E-state index < -0.39 is 0 Å². The first-order chi connectivity index (χ1) is 9.67. The molecule has 1 N–H and O–H groups in total. The Morgan fingerprint density at radius 1 is 1.05 bits per heavy atom. The number of hydrogen-bond acceptors (Lipinski definition) is 3. The van der Waals surface area contributed by atoms with E-state index in [2.05, 4.69) is 35.9 Å². The topological polar surface area (TPSA) is 18.5 Å². The van der Waals surface area contributed by atoms with Crippen LogP contribution in [0.4, 0.5) is 0 Å². The van der Waals surface area contributed by atoms with E-state index in [4.69, 9.17) is 0 Å². The fraction of sp³-hybridized carbons (Fsp3) is 1.00. The normalized spacial score (nSPS) is 25.9. The summed E-state index contributed by atoms with van der Waals surface area (Å²) in [4.78, 5) is 5.46. The first-order valence-electron chi connectivity index (χ1n) is 8.84. The van der Waals surface area contributed by atoms with Crippen LogP contribution in [0.5, 0.6) is 0 Å². The van der Waals surface area contributed by atoms with Gasteiger partial charge in [-0.15, -0.1) is 0 Å². The average Bonchev–Trinajstić information content (AvgIpc) is 3.00. The lowest BCUT2D eigenvalue weighted by atomic mass is 9.86. The fourth-order valence-electron chi connectivity index (χ4n) is 3.82. The van der Waals surface area contributed by atoms with Crippen LogP contribution in [-0.4, -0.2) is 61.7 Å². The molecule has 0 aromatic rings. The number of hydrogen-bond donors (Lipinski definition) is 1. The highest BCUT2D eigenvalue weighted by Crippen LogP contribution is 2.26. The number of nitrogens with zero attached hydrogens (tertiary/aromatic N) is 2. The third kappa shape index (κ3) is 4.44. The SMILES string of the molecule is CCNCC(C)(CC)CN1CCN(C2CCCC2)CC1. The summed E-state index contributed by atoms with van der Waals surface area (Å²) in [5.74, 6) is 0. The zero-order valence-corrected chi connectivity index (χ0v) is 14.0. The van der Waals surface area contributed by atoms with Crippen LogP contribution in [0.2, 0.25) is 0 Å². The second kappa shape index (κ2) is 7.77. The molecular weight excluding hydrogens is 246 g/mol. The minimum Gasteiger partial charge on any atom is -0.316 e. The van der Waals surface area contributed by atoms with Crippen LogP contribution in [0.15, 0.2) is 0 Å². The molecule has 1 saturated carbocycles. The second-order valence-corrected chi connectivity index (χ2v) is 7.19.